The van der Waals surface area contributed by atoms with Crippen LogP contribution in [0, 0.1) is 0 Å². The second-order valence-corrected chi connectivity index (χ2v) is 7.39. The number of hydrogen-bond acceptors (Lipinski definition) is 3. The van der Waals surface area contributed by atoms with Crippen LogP contribution in [-0.2, 0) is 0 Å². The van der Waals surface area contributed by atoms with Crippen LogP contribution in [0.5, 0.6) is 0 Å². The molecule has 6 amide bonds. The van der Waals surface area contributed by atoms with E-state index in [9.17, 15) is 14.4 Å². The SMILES string of the molecule is CN1C(=O)N(C)[C@H](NC(=O)N2CCCCC2)[C@H]1NC(=O)N1CCCCC1. The zero-order valence-electron chi connectivity index (χ0n) is 15.7. The molecule has 3 saturated heterocycles. The van der Waals surface area contributed by atoms with Crippen LogP contribution >= 0.6 is 0 Å². The van der Waals surface area contributed by atoms with Crippen molar-refractivity contribution in [2.24, 2.45) is 0 Å². The zero-order chi connectivity index (χ0) is 18.7. The lowest BCUT2D eigenvalue weighted by Gasteiger charge is -2.33. The van der Waals surface area contributed by atoms with E-state index in [0.29, 0.717) is 0 Å². The fraction of sp³-hybridized carbons (Fsp3) is 0.824. The average Bonchev–Trinajstić information content (AvgIpc) is 2.87. The highest BCUT2D eigenvalue weighted by Crippen LogP contribution is 2.18. The van der Waals surface area contributed by atoms with Gasteiger partial charge in [0, 0.05) is 40.3 Å². The number of likely N-dealkylation sites (N-methyl/N-ethyl adjacent to an activating group) is 2. The number of carbonyl (C=O) groups is 3. The van der Waals surface area contributed by atoms with Crippen molar-refractivity contribution in [1.82, 2.24) is 30.2 Å². The minimum Gasteiger partial charge on any atom is -0.325 e. The third-order valence-corrected chi connectivity index (χ3v) is 5.57. The van der Waals surface area contributed by atoms with E-state index in [1.54, 1.807) is 23.9 Å². The van der Waals surface area contributed by atoms with Crippen molar-refractivity contribution in [3.8, 4) is 0 Å². The minimum atomic E-state index is -0.587. The molecule has 0 radical (unpaired) electrons. The molecule has 0 aromatic heterocycles. The molecule has 0 unspecified atom stereocenters. The normalized spacial score (nSPS) is 26.9. The minimum absolute atomic E-state index is 0.179. The molecule has 2 atom stereocenters. The lowest BCUT2D eigenvalue weighted by atomic mass is 10.1. The molecule has 146 valence electrons. The van der Waals surface area contributed by atoms with Gasteiger partial charge in [-0.15, -0.1) is 0 Å². The fourth-order valence-corrected chi connectivity index (χ4v) is 3.89. The molecule has 0 aromatic rings. The lowest BCUT2D eigenvalue weighted by Crippen LogP contribution is -2.60. The number of carbonyl (C=O) groups excluding carboxylic acids is 3. The van der Waals surface area contributed by atoms with E-state index in [-0.39, 0.29) is 18.1 Å². The van der Waals surface area contributed by atoms with E-state index < -0.39 is 12.3 Å². The third-order valence-electron chi connectivity index (χ3n) is 5.57. The van der Waals surface area contributed by atoms with Gasteiger partial charge < -0.3 is 30.2 Å². The maximum atomic E-state index is 12.6. The summed E-state index contributed by atoms with van der Waals surface area (Å²) in [4.78, 5) is 44.0. The first kappa shape index (κ1) is 18.6. The Morgan fingerprint density at radius 2 is 1.08 bits per heavy atom. The number of hydrogen-bond donors (Lipinski definition) is 2. The number of piperidine rings is 2. The van der Waals surface area contributed by atoms with E-state index in [2.05, 4.69) is 10.6 Å². The van der Waals surface area contributed by atoms with Gasteiger partial charge in [-0.25, -0.2) is 14.4 Å². The summed E-state index contributed by atoms with van der Waals surface area (Å²) in [6.07, 6.45) is 5.12. The molecule has 3 rings (SSSR count). The highest BCUT2D eigenvalue weighted by atomic mass is 16.2. The topological polar surface area (TPSA) is 88.2 Å². The van der Waals surface area contributed by atoms with Crippen LogP contribution in [0.4, 0.5) is 14.4 Å². The number of amides is 6. The van der Waals surface area contributed by atoms with Crippen molar-refractivity contribution in [1.29, 1.82) is 0 Å². The van der Waals surface area contributed by atoms with Gasteiger partial charge in [-0.1, -0.05) is 0 Å². The number of likely N-dealkylation sites (tertiary alicyclic amines) is 2. The second-order valence-electron chi connectivity index (χ2n) is 7.39. The van der Waals surface area contributed by atoms with Crippen LogP contribution < -0.4 is 10.6 Å². The molecule has 9 heteroatoms. The molecule has 3 aliphatic heterocycles. The molecule has 3 heterocycles. The Labute approximate surface area is 154 Å². The molecular weight excluding hydrogens is 336 g/mol. The van der Waals surface area contributed by atoms with Crippen LogP contribution in [0.2, 0.25) is 0 Å². The Hall–Kier alpha value is -2.19. The van der Waals surface area contributed by atoms with Crippen molar-refractivity contribution in [3.05, 3.63) is 0 Å². The highest BCUT2D eigenvalue weighted by molar-refractivity contribution is 5.82. The first-order valence-corrected chi connectivity index (χ1v) is 9.59. The molecule has 0 aromatic carbocycles. The van der Waals surface area contributed by atoms with Gasteiger partial charge in [-0.05, 0) is 38.5 Å². The predicted octanol–water partition coefficient (Wildman–Crippen LogP) is 1.03. The monoisotopic (exact) mass is 366 g/mol. The van der Waals surface area contributed by atoms with Crippen molar-refractivity contribution in [2.45, 2.75) is 50.9 Å². The number of nitrogens with zero attached hydrogens (tertiary/aromatic N) is 4. The quantitative estimate of drug-likeness (QED) is 0.765. The molecule has 2 N–H and O–H groups in total. The summed E-state index contributed by atoms with van der Waals surface area (Å²) in [7, 11) is 3.29. The van der Waals surface area contributed by atoms with Gasteiger partial charge in [-0.3, -0.25) is 0 Å². The third kappa shape index (κ3) is 3.81. The van der Waals surface area contributed by atoms with Gasteiger partial charge in [0.05, 0.1) is 0 Å². The largest absolute Gasteiger partial charge is 0.325 e. The van der Waals surface area contributed by atoms with E-state index in [0.717, 1.165) is 64.7 Å². The standard InChI is InChI=1S/C17H30N6O3/c1-20-13(18-15(24)22-9-5-3-6-10-22)14(21(2)17(20)26)19-16(25)23-11-7-4-8-12-23/h13-14H,3-12H2,1-2H3,(H,18,24)(H,19,25)/t13-,14-/m0/s1. The Kier molecular flexibility index (Phi) is 5.73. The van der Waals surface area contributed by atoms with Crippen LogP contribution in [0.1, 0.15) is 38.5 Å². The van der Waals surface area contributed by atoms with Crippen LogP contribution in [0.3, 0.4) is 0 Å². The summed E-state index contributed by atoms with van der Waals surface area (Å²) in [5, 5.41) is 5.87. The summed E-state index contributed by atoms with van der Waals surface area (Å²) in [6.45, 7) is 2.93. The maximum Gasteiger partial charge on any atom is 0.323 e. The first-order chi connectivity index (χ1) is 12.5. The summed E-state index contributed by atoms with van der Waals surface area (Å²) in [6, 6.07) is -0.582. The molecule has 0 aliphatic carbocycles. The molecule has 3 aliphatic rings. The van der Waals surface area contributed by atoms with Crippen LogP contribution in [0.25, 0.3) is 0 Å². The first-order valence-electron chi connectivity index (χ1n) is 9.59. The van der Waals surface area contributed by atoms with E-state index in [4.69, 9.17) is 0 Å². The number of urea groups is 3. The van der Waals surface area contributed by atoms with Gasteiger partial charge >= 0.3 is 18.1 Å². The molecule has 26 heavy (non-hydrogen) atoms. The summed E-state index contributed by atoms with van der Waals surface area (Å²) >= 11 is 0. The summed E-state index contributed by atoms with van der Waals surface area (Å²) in [5.74, 6) is 0. The molecule has 0 spiro atoms. The molecule has 3 fully saturated rings. The summed E-state index contributed by atoms with van der Waals surface area (Å²) in [5.41, 5.74) is 0. The van der Waals surface area contributed by atoms with E-state index >= 15 is 0 Å². The highest BCUT2D eigenvalue weighted by Gasteiger charge is 2.44. The van der Waals surface area contributed by atoms with Crippen molar-refractivity contribution < 1.29 is 14.4 Å². The van der Waals surface area contributed by atoms with Gasteiger partial charge in [0.15, 0.2) is 0 Å². The zero-order valence-corrected chi connectivity index (χ0v) is 15.7. The molecular formula is C17H30N6O3. The second kappa shape index (κ2) is 8.01. The van der Waals surface area contributed by atoms with Crippen LogP contribution in [0.15, 0.2) is 0 Å². The molecule has 0 saturated carbocycles. The van der Waals surface area contributed by atoms with E-state index in [1.165, 1.54) is 9.80 Å². The fourth-order valence-electron chi connectivity index (χ4n) is 3.89. The number of rotatable bonds is 2. The summed E-state index contributed by atoms with van der Waals surface area (Å²) < 4.78 is 0. The predicted molar refractivity (Wildman–Crippen MR) is 96.4 cm³/mol. The molecule has 9 nitrogen and oxygen atoms in total. The van der Waals surface area contributed by atoms with Gasteiger partial charge in [0.2, 0.25) is 0 Å². The smallest absolute Gasteiger partial charge is 0.323 e. The Morgan fingerprint density at radius 3 is 1.42 bits per heavy atom. The van der Waals surface area contributed by atoms with E-state index in [1.807, 2.05) is 0 Å². The molecule has 0 bridgehead atoms. The maximum absolute atomic E-state index is 12.6. The average molecular weight is 366 g/mol. The van der Waals surface area contributed by atoms with Crippen molar-refractivity contribution in [2.75, 3.05) is 40.3 Å². The van der Waals surface area contributed by atoms with Gasteiger partial charge in [0.25, 0.3) is 0 Å². The van der Waals surface area contributed by atoms with Gasteiger partial charge in [0.1, 0.15) is 12.3 Å². The van der Waals surface area contributed by atoms with Gasteiger partial charge in [-0.2, -0.15) is 0 Å². The van der Waals surface area contributed by atoms with Crippen LogP contribution in [-0.4, -0.2) is 90.3 Å². The Bertz CT molecular complexity index is 499. The van der Waals surface area contributed by atoms with Crippen molar-refractivity contribution >= 4 is 18.1 Å². The Balaban J connectivity index is 1.65. The van der Waals surface area contributed by atoms with Crippen molar-refractivity contribution in [3.63, 3.8) is 0 Å². The lowest BCUT2D eigenvalue weighted by molar-refractivity contribution is 0.150. The number of nitrogens with one attached hydrogen (secondary N) is 2. The Morgan fingerprint density at radius 1 is 0.731 bits per heavy atom.